The highest BCUT2D eigenvalue weighted by molar-refractivity contribution is 7.92. The van der Waals surface area contributed by atoms with E-state index in [1.54, 1.807) is 24.3 Å². The van der Waals surface area contributed by atoms with Crippen molar-refractivity contribution in [1.82, 2.24) is 19.9 Å². The number of anilines is 1. The quantitative estimate of drug-likeness (QED) is 0.139. The number of benzene rings is 2. The Bertz CT molecular complexity index is 1690. The van der Waals surface area contributed by atoms with Gasteiger partial charge in [-0.2, -0.15) is 4.98 Å². The van der Waals surface area contributed by atoms with E-state index < -0.39 is 39.4 Å². The number of hydrogen-bond donors (Lipinski definition) is 6. The van der Waals surface area contributed by atoms with Crippen molar-refractivity contribution in [3.05, 3.63) is 72.6 Å². The number of aliphatic hydroxyl groups is 4. The molecule has 0 spiro atoms. The smallest absolute Gasteiger partial charge is 0.396 e. The second-order valence-electron chi connectivity index (χ2n) is 10.2. The molecule has 0 saturated carbocycles. The van der Waals surface area contributed by atoms with Crippen LogP contribution in [-0.4, -0.2) is 67.8 Å². The molecule has 0 aliphatic rings. The van der Waals surface area contributed by atoms with Crippen LogP contribution in [0.4, 0.5) is 5.82 Å². The van der Waals surface area contributed by atoms with Gasteiger partial charge < -0.3 is 34.6 Å². The Kier molecular flexibility index (Phi) is 8.55. The predicted molar refractivity (Wildman–Crippen MR) is 151 cm³/mol. The topological polar surface area (TPSA) is 232 Å². The summed E-state index contributed by atoms with van der Waals surface area (Å²) >= 11 is 0. The first-order valence-corrected chi connectivity index (χ1v) is 14.0. The third-order valence-corrected chi connectivity index (χ3v) is 7.22. The van der Waals surface area contributed by atoms with E-state index in [0.29, 0.717) is 0 Å². The zero-order chi connectivity index (χ0) is 31.6. The average molecular weight is 615 g/mol. The van der Waals surface area contributed by atoms with Gasteiger partial charge in [-0.15, -0.1) is 0 Å². The maximum absolute atomic E-state index is 13.6. The van der Waals surface area contributed by atoms with Gasteiger partial charge in [-0.05, 0) is 41.3 Å². The van der Waals surface area contributed by atoms with Crippen LogP contribution in [0, 0.1) is 0 Å². The summed E-state index contributed by atoms with van der Waals surface area (Å²) in [5, 5.41) is 39.9. The van der Waals surface area contributed by atoms with Crippen LogP contribution in [0.1, 0.15) is 26.3 Å². The van der Waals surface area contributed by atoms with E-state index >= 15 is 0 Å². The van der Waals surface area contributed by atoms with E-state index in [9.17, 15) is 28.8 Å². The number of sulfonamides is 1. The SMILES string of the molecule is COc1ccccc1Oc1c(NS(=O)(=O)c2ccc(C(C)(C)C)cc2)nc(-c2ncccn2)nc1OC(O)(O)C(N)(O)O. The molecular formula is C27H30N6O9S. The molecule has 43 heavy (non-hydrogen) atoms. The second kappa shape index (κ2) is 11.7. The lowest BCUT2D eigenvalue weighted by molar-refractivity contribution is -0.432. The summed E-state index contributed by atoms with van der Waals surface area (Å²) in [4.78, 5) is 16.2. The van der Waals surface area contributed by atoms with Crippen molar-refractivity contribution in [2.75, 3.05) is 11.8 Å². The van der Waals surface area contributed by atoms with E-state index in [2.05, 4.69) is 24.7 Å². The largest absolute Gasteiger partial charge is 0.493 e. The summed E-state index contributed by atoms with van der Waals surface area (Å²) in [7, 11) is -3.04. The zero-order valence-electron chi connectivity index (χ0n) is 23.5. The maximum Gasteiger partial charge on any atom is 0.396 e. The Morgan fingerprint density at radius 3 is 2.00 bits per heavy atom. The number of methoxy groups -OCH3 is 1. The van der Waals surface area contributed by atoms with Crippen LogP contribution in [-0.2, 0) is 15.4 Å². The van der Waals surface area contributed by atoms with Gasteiger partial charge in [-0.1, -0.05) is 45.0 Å². The van der Waals surface area contributed by atoms with Crippen LogP contribution in [0.25, 0.3) is 11.6 Å². The van der Waals surface area contributed by atoms with Crippen molar-refractivity contribution < 1.29 is 43.1 Å². The Morgan fingerprint density at radius 1 is 0.837 bits per heavy atom. The van der Waals surface area contributed by atoms with Crippen LogP contribution in [0.15, 0.2) is 71.9 Å². The molecule has 0 saturated heterocycles. The molecule has 0 aliphatic carbocycles. The van der Waals surface area contributed by atoms with Crippen molar-refractivity contribution in [1.29, 1.82) is 0 Å². The molecule has 0 aliphatic heterocycles. The summed E-state index contributed by atoms with van der Waals surface area (Å²) < 4.78 is 45.6. The van der Waals surface area contributed by atoms with E-state index in [4.69, 9.17) is 19.9 Å². The lowest BCUT2D eigenvalue weighted by atomic mass is 9.87. The molecule has 0 fully saturated rings. The first-order valence-electron chi connectivity index (χ1n) is 12.5. The Balaban J connectivity index is 1.93. The van der Waals surface area contributed by atoms with Crippen LogP contribution in [0.2, 0.25) is 0 Å². The standard InChI is InChI=1S/C27H30N6O9S/c1-25(2,3)16-10-12-17(13-11-16)43(38,39)33-21-20(41-19-9-6-5-8-18(19)40-4)24(42-27(36,37)26(28,34)35)32-23(31-21)22-29-14-7-15-30-22/h5-15,34-37H,28H2,1-4H3,(H,31,32,33). The molecule has 0 atom stereocenters. The number of ether oxygens (including phenoxy) is 3. The number of nitrogens with two attached hydrogens (primary N) is 1. The predicted octanol–water partition coefficient (Wildman–Crippen LogP) is 1.45. The minimum Gasteiger partial charge on any atom is -0.493 e. The zero-order valence-corrected chi connectivity index (χ0v) is 24.3. The molecule has 228 valence electrons. The minimum absolute atomic E-state index is 0.00868. The molecule has 16 heteroatoms. The molecule has 0 radical (unpaired) electrons. The van der Waals surface area contributed by atoms with Crippen LogP contribution in [0.5, 0.6) is 23.1 Å². The minimum atomic E-state index is -4.39. The summed E-state index contributed by atoms with van der Waals surface area (Å²) in [5.74, 6) is -10.1. The number of para-hydroxylation sites is 2. The number of rotatable bonds is 10. The Hall–Kier alpha value is -4.45. The highest BCUT2D eigenvalue weighted by Gasteiger charge is 2.49. The monoisotopic (exact) mass is 614 g/mol. The van der Waals surface area contributed by atoms with Crippen molar-refractivity contribution >= 4 is 15.8 Å². The molecule has 4 aromatic rings. The summed E-state index contributed by atoms with van der Waals surface area (Å²) in [5.41, 5.74) is 5.70. The van der Waals surface area contributed by atoms with Crippen LogP contribution >= 0.6 is 0 Å². The van der Waals surface area contributed by atoms with Crippen molar-refractivity contribution in [3.63, 3.8) is 0 Å². The molecular weight excluding hydrogens is 584 g/mol. The summed E-state index contributed by atoms with van der Waals surface area (Å²) in [6, 6.07) is 13.8. The molecule has 4 rings (SSSR count). The third kappa shape index (κ3) is 7.14. The van der Waals surface area contributed by atoms with E-state index in [1.165, 1.54) is 49.8 Å². The lowest BCUT2D eigenvalue weighted by Gasteiger charge is -2.30. The molecule has 2 aromatic carbocycles. The van der Waals surface area contributed by atoms with Crippen molar-refractivity contribution in [2.24, 2.45) is 5.73 Å². The highest BCUT2D eigenvalue weighted by atomic mass is 32.2. The molecule has 0 unspecified atom stereocenters. The van der Waals surface area contributed by atoms with E-state index in [1.807, 2.05) is 20.8 Å². The number of aromatic nitrogens is 4. The molecule has 0 amide bonds. The van der Waals surface area contributed by atoms with E-state index in [-0.39, 0.29) is 33.5 Å². The Morgan fingerprint density at radius 2 is 1.44 bits per heavy atom. The molecule has 7 N–H and O–H groups in total. The second-order valence-corrected chi connectivity index (χ2v) is 11.9. The fourth-order valence-corrected chi connectivity index (χ4v) is 4.52. The number of hydrogen-bond acceptors (Lipinski definition) is 14. The van der Waals surface area contributed by atoms with Gasteiger partial charge >= 0.3 is 11.9 Å². The molecule has 2 heterocycles. The fourth-order valence-electron chi connectivity index (χ4n) is 3.52. The van der Waals surface area contributed by atoms with Crippen molar-refractivity contribution in [2.45, 2.75) is 43.0 Å². The van der Waals surface area contributed by atoms with Gasteiger partial charge in [0.15, 0.2) is 23.1 Å². The number of nitrogens with zero attached hydrogens (tertiary/aromatic N) is 4. The van der Waals surface area contributed by atoms with Gasteiger partial charge in [0.1, 0.15) is 0 Å². The van der Waals surface area contributed by atoms with Gasteiger partial charge in [0.05, 0.1) is 12.0 Å². The maximum atomic E-state index is 13.6. The normalized spacial score (nSPS) is 12.5. The van der Waals surface area contributed by atoms with Gasteiger partial charge in [0, 0.05) is 12.4 Å². The highest BCUT2D eigenvalue weighted by Crippen LogP contribution is 2.42. The average Bonchev–Trinajstić information content (AvgIpc) is 2.94. The summed E-state index contributed by atoms with van der Waals surface area (Å²) in [6.07, 6.45) is 2.70. The van der Waals surface area contributed by atoms with Crippen molar-refractivity contribution in [3.8, 4) is 34.8 Å². The van der Waals surface area contributed by atoms with Crippen LogP contribution in [0.3, 0.4) is 0 Å². The van der Waals surface area contributed by atoms with E-state index in [0.717, 1.165) is 5.56 Å². The lowest BCUT2D eigenvalue weighted by Crippen LogP contribution is -2.64. The molecule has 0 bridgehead atoms. The number of nitrogens with one attached hydrogen (secondary N) is 1. The first kappa shape index (κ1) is 31.5. The Labute approximate surface area is 246 Å². The molecule has 15 nitrogen and oxygen atoms in total. The molecule has 2 aromatic heterocycles. The van der Waals surface area contributed by atoms with Gasteiger partial charge in [-0.3, -0.25) is 10.5 Å². The van der Waals surface area contributed by atoms with Gasteiger partial charge in [0.25, 0.3) is 15.9 Å². The summed E-state index contributed by atoms with van der Waals surface area (Å²) in [6.45, 7) is 5.93. The first-order chi connectivity index (χ1) is 20.0. The third-order valence-electron chi connectivity index (χ3n) is 5.86. The van der Waals surface area contributed by atoms with Crippen LogP contribution < -0.4 is 24.7 Å². The van der Waals surface area contributed by atoms with Gasteiger partial charge in [0.2, 0.25) is 11.6 Å². The fraction of sp³-hybridized carbons (Fsp3) is 0.259. The van der Waals surface area contributed by atoms with Gasteiger partial charge in [-0.25, -0.2) is 23.4 Å².